The number of rotatable bonds is 3. The topological polar surface area (TPSA) is 128 Å². The Morgan fingerprint density at radius 3 is 2.09 bits per heavy atom. The zero-order valence-electron chi connectivity index (χ0n) is 18.8. The van der Waals surface area contributed by atoms with E-state index in [0.717, 1.165) is 64.3 Å². The number of anilines is 1. The fourth-order valence-electron chi connectivity index (χ4n) is 3.15. The van der Waals surface area contributed by atoms with Crippen molar-refractivity contribution >= 4 is 17.6 Å². The molecule has 200 valence electrons. The van der Waals surface area contributed by atoms with Gasteiger partial charge in [0.15, 0.2) is 0 Å². The van der Waals surface area contributed by atoms with Gasteiger partial charge in [0.25, 0.3) is 5.56 Å². The van der Waals surface area contributed by atoms with E-state index in [0.29, 0.717) is 5.92 Å². The van der Waals surface area contributed by atoms with Crippen LogP contribution in [0.3, 0.4) is 0 Å². The molecule has 3 heterocycles. The van der Waals surface area contributed by atoms with Crippen LogP contribution in [0, 0.1) is 5.92 Å². The third kappa shape index (κ3) is 11.4. The molecule has 35 heavy (non-hydrogen) atoms. The standard InChI is InChI=1S/C15H25N5O.2C2HF3O2/c1-18-5-2-6-19(8-7-18)14-9-15(21)20(17-11-14)12-13-3-4-16-10-13;2*3-2(4,5)1(6)7/h9,11,13,16H,2-8,10,12H2,1H3;2*(H,6,7). The smallest absolute Gasteiger partial charge is 0.475 e. The molecule has 1 atom stereocenters. The summed E-state index contributed by atoms with van der Waals surface area (Å²) in [6.07, 6.45) is -6.04. The van der Waals surface area contributed by atoms with Gasteiger partial charge >= 0.3 is 24.3 Å². The maximum absolute atomic E-state index is 12.3. The quantitative estimate of drug-likeness (QED) is 0.506. The minimum Gasteiger partial charge on any atom is -0.475 e. The summed E-state index contributed by atoms with van der Waals surface area (Å²) >= 11 is 0. The fourth-order valence-corrected chi connectivity index (χ4v) is 3.15. The molecule has 0 amide bonds. The minimum absolute atomic E-state index is 0.0250. The highest BCUT2D eigenvalue weighted by Crippen LogP contribution is 2.15. The van der Waals surface area contributed by atoms with Crippen LogP contribution in [-0.2, 0) is 16.1 Å². The molecule has 1 aromatic heterocycles. The number of aliphatic carboxylic acids is 2. The summed E-state index contributed by atoms with van der Waals surface area (Å²) in [7, 11) is 2.15. The molecule has 16 heteroatoms. The number of aromatic nitrogens is 2. The summed E-state index contributed by atoms with van der Waals surface area (Å²) in [6.45, 7) is 6.91. The van der Waals surface area contributed by atoms with Crippen LogP contribution in [0.5, 0.6) is 0 Å². The summed E-state index contributed by atoms with van der Waals surface area (Å²) in [5.41, 5.74) is 0.994. The molecule has 0 aliphatic carbocycles. The molecule has 0 bridgehead atoms. The third-order valence-corrected chi connectivity index (χ3v) is 5.02. The molecule has 2 fully saturated rings. The van der Waals surface area contributed by atoms with E-state index in [1.165, 1.54) is 0 Å². The molecule has 3 N–H and O–H groups in total. The summed E-state index contributed by atoms with van der Waals surface area (Å²) in [5, 5.41) is 22.0. The average Bonchev–Trinajstić information content (AvgIpc) is 3.15. The highest BCUT2D eigenvalue weighted by molar-refractivity contribution is 5.73. The van der Waals surface area contributed by atoms with Crippen LogP contribution in [0.25, 0.3) is 0 Å². The summed E-state index contributed by atoms with van der Waals surface area (Å²) < 4.78 is 65.1. The van der Waals surface area contributed by atoms with Gasteiger partial charge in [0.2, 0.25) is 0 Å². The number of nitrogens with zero attached hydrogens (tertiary/aromatic N) is 4. The van der Waals surface area contributed by atoms with E-state index in [2.05, 4.69) is 27.3 Å². The van der Waals surface area contributed by atoms with Crippen molar-refractivity contribution in [1.82, 2.24) is 20.0 Å². The first-order valence-electron chi connectivity index (χ1n) is 10.4. The second kappa shape index (κ2) is 13.3. The molecule has 1 unspecified atom stereocenters. The molecule has 2 aliphatic heterocycles. The summed E-state index contributed by atoms with van der Waals surface area (Å²) in [6, 6.07) is 1.75. The van der Waals surface area contributed by atoms with E-state index in [-0.39, 0.29) is 5.56 Å². The van der Waals surface area contributed by atoms with E-state index in [1.54, 1.807) is 10.7 Å². The molecular weight excluding hydrogens is 492 g/mol. The van der Waals surface area contributed by atoms with Crippen molar-refractivity contribution in [1.29, 1.82) is 0 Å². The number of hydrogen-bond donors (Lipinski definition) is 3. The normalized spacial score (nSPS) is 19.1. The van der Waals surface area contributed by atoms with Crippen molar-refractivity contribution in [2.24, 2.45) is 5.92 Å². The monoisotopic (exact) mass is 519 g/mol. The minimum atomic E-state index is -5.08. The maximum Gasteiger partial charge on any atom is 0.490 e. The van der Waals surface area contributed by atoms with E-state index in [1.807, 2.05) is 6.20 Å². The number of carboxylic acid groups (broad SMARTS) is 2. The van der Waals surface area contributed by atoms with E-state index in [4.69, 9.17) is 19.8 Å². The lowest BCUT2D eigenvalue weighted by Crippen LogP contribution is -2.32. The van der Waals surface area contributed by atoms with E-state index >= 15 is 0 Å². The SMILES string of the molecule is CN1CCCN(c2cnn(CC3CCNC3)c(=O)c2)CC1.O=C(O)C(F)(F)F.O=C(O)C(F)(F)F. The van der Waals surface area contributed by atoms with Crippen molar-refractivity contribution < 1.29 is 46.1 Å². The molecule has 3 rings (SSSR count). The zero-order valence-corrected chi connectivity index (χ0v) is 18.8. The number of alkyl halides is 6. The van der Waals surface area contributed by atoms with Crippen LogP contribution in [0.4, 0.5) is 32.0 Å². The van der Waals surface area contributed by atoms with Gasteiger partial charge in [-0.05, 0) is 45.4 Å². The first-order valence-corrected chi connectivity index (χ1v) is 10.4. The van der Waals surface area contributed by atoms with Crippen molar-refractivity contribution in [3.63, 3.8) is 0 Å². The molecule has 1 aromatic rings. The predicted octanol–water partition coefficient (Wildman–Crippen LogP) is 1.26. The van der Waals surface area contributed by atoms with Gasteiger partial charge in [-0.1, -0.05) is 0 Å². The van der Waals surface area contributed by atoms with Crippen LogP contribution >= 0.6 is 0 Å². The van der Waals surface area contributed by atoms with Crippen molar-refractivity contribution in [2.45, 2.75) is 31.7 Å². The first-order chi connectivity index (χ1) is 16.1. The molecule has 10 nitrogen and oxygen atoms in total. The molecule has 0 saturated carbocycles. The van der Waals surface area contributed by atoms with Crippen LogP contribution in [-0.4, -0.2) is 95.5 Å². The zero-order chi connectivity index (χ0) is 26.8. The number of halogens is 6. The summed E-state index contributed by atoms with van der Waals surface area (Å²) in [5.74, 6) is -4.98. The number of carbonyl (C=O) groups is 2. The van der Waals surface area contributed by atoms with Gasteiger partial charge in [-0.3, -0.25) is 4.79 Å². The van der Waals surface area contributed by atoms with Crippen molar-refractivity contribution in [2.75, 3.05) is 51.2 Å². The van der Waals surface area contributed by atoms with Gasteiger partial charge < -0.3 is 25.3 Å². The Balaban J connectivity index is 0.000000362. The van der Waals surface area contributed by atoms with Crippen LogP contribution < -0.4 is 15.8 Å². The Hall–Kier alpha value is -2.88. The van der Waals surface area contributed by atoms with Crippen LogP contribution in [0.1, 0.15) is 12.8 Å². The Kier molecular flexibility index (Phi) is 11.4. The summed E-state index contributed by atoms with van der Waals surface area (Å²) in [4.78, 5) is 34.7. The first kappa shape index (κ1) is 30.2. The molecule has 2 aliphatic rings. The predicted molar refractivity (Wildman–Crippen MR) is 111 cm³/mol. The van der Waals surface area contributed by atoms with Crippen LogP contribution in [0.15, 0.2) is 17.1 Å². The van der Waals surface area contributed by atoms with Gasteiger partial charge in [0.05, 0.1) is 11.9 Å². The number of hydrogen-bond acceptors (Lipinski definition) is 7. The maximum atomic E-state index is 12.3. The Labute approximate surface area is 196 Å². The molecule has 0 spiro atoms. The highest BCUT2D eigenvalue weighted by Gasteiger charge is 2.38. The van der Waals surface area contributed by atoms with E-state index in [9.17, 15) is 31.1 Å². The highest BCUT2D eigenvalue weighted by atomic mass is 19.4. The van der Waals surface area contributed by atoms with Gasteiger partial charge in [-0.2, -0.15) is 31.4 Å². The number of carboxylic acids is 2. The lowest BCUT2D eigenvalue weighted by atomic mass is 10.1. The van der Waals surface area contributed by atoms with Crippen molar-refractivity contribution in [3.8, 4) is 0 Å². The molecular formula is C19H27F6N5O5. The molecule has 0 aromatic carbocycles. The van der Waals surface area contributed by atoms with Gasteiger partial charge in [0, 0.05) is 32.2 Å². The van der Waals surface area contributed by atoms with Crippen molar-refractivity contribution in [3.05, 3.63) is 22.6 Å². The van der Waals surface area contributed by atoms with Gasteiger partial charge in [-0.15, -0.1) is 0 Å². The third-order valence-electron chi connectivity index (χ3n) is 5.02. The molecule has 2 saturated heterocycles. The second-order valence-corrected chi connectivity index (χ2v) is 7.84. The Bertz CT molecular complexity index is 862. The average molecular weight is 519 g/mol. The Morgan fingerprint density at radius 2 is 1.63 bits per heavy atom. The second-order valence-electron chi connectivity index (χ2n) is 7.84. The molecule has 0 radical (unpaired) electrons. The number of likely N-dealkylation sites (N-methyl/N-ethyl adjacent to an activating group) is 1. The Morgan fingerprint density at radius 1 is 1.06 bits per heavy atom. The van der Waals surface area contributed by atoms with Gasteiger partial charge in [0.1, 0.15) is 0 Å². The van der Waals surface area contributed by atoms with E-state index < -0.39 is 24.3 Å². The van der Waals surface area contributed by atoms with Crippen LogP contribution in [0.2, 0.25) is 0 Å². The fraction of sp³-hybridized carbons (Fsp3) is 0.684. The van der Waals surface area contributed by atoms with Gasteiger partial charge in [-0.25, -0.2) is 14.3 Å². The number of nitrogens with one attached hydrogen (secondary N) is 1. The lowest BCUT2D eigenvalue weighted by molar-refractivity contribution is -0.193. The lowest BCUT2D eigenvalue weighted by Gasteiger charge is -2.22. The largest absolute Gasteiger partial charge is 0.490 e.